The van der Waals surface area contributed by atoms with Crippen molar-refractivity contribution in [2.75, 3.05) is 6.26 Å². The number of rotatable bonds is 4. The molecule has 0 radical (unpaired) electrons. The summed E-state index contributed by atoms with van der Waals surface area (Å²) in [6.45, 7) is 2.16. The highest BCUT2D eigenvalue weighted by Crippen LogP contribution is 2.21. The monoisotopic (exact) mass is 195 g/mol. The quantitative estimate of drug-likeness (QED) is 0.747. The molecule has 0 aliphatic carbocycles. The van der Waals surface area contributed by atoms with E-state index in [0.29, 0.717) is 0 Å². The molecule has 1 atom stereocenters. The Balaban J connectivity index is 2.75. The van der Waals surface area contributed by atoms with Crippen molar-refractivity contribution in [2.24, 2.45) is 5.73 Å². The normalized spacial score (nSPS) is 12.8. The minimum Gasteiger partial charge on any atom is -0.324 e. The van der Waals surface area contributed by atoms with E-state index >= 15 is 0 Å². The molecule has 0 bridgehead atoms. The van der Waals surface area contributed by atoms with Crippen LogP contribution in [-0.4, -0.2) is 6.26 Å². The fraction of sp³-hybridized carbons (Fsp3) is 0.455. The second kappa shape index (κ2) is 5.30. The van der Waals surface area contributed by atoms with Gasteiger partial charge in [-0.15, -0.1) is 11.8 Å². The molecule has 2 heteroatoms. The molecule has 2 N–H and O–H groups in total. The molecule has 0 aliphatic rings. The third-order valence-electron chi connectivity index (χ3n) is 2.12. The maximum Gasteiger partial charge on any atom is 0.0295 e. The van der Waals surface area contributed by atoms with Crippen LogP contribution in [0.2, 0.25) is 0 Å². The molecule has 0 saturated heterocycles. The number of benzene rings is 1. The minimum atomic E-state index is 0.206. The van der Waals surface area contributed by atoms with Crippen LogP contribution in [0.5, 0.6) is 0 Å². The molecule has 1 rings (SSSR count). The lowest BCUT2D eigenvalue weighted by molar-refractivity contribution is 0.637. The van der Waals surface area contributed by atoms with Gasteiger partial charge in [-0.1, -0.05) is 25.5 Å². The van der Waals surface area contributed by atoms with Gasteiger partial charge >= 0.3 is 0 Å². The summed E-state index contributed by atoms with van der Waals surface area (Å²) in [6.07, 6.45) is 4.30. The maximum atomic E-state index is 6.02. The van der Waals surface area contributed by atoms with Gasteiger partial charge in [-0.3, -0.25) is 0 Å². The van der Waals surface area contributed by atoms with Crippen LogP contribution in [0.1, 0.15) is 31.4 Å². The first kappa shape index (κ1) is 10.6. The number of hydrogen-bond acceptors (Lipinski definition) is 2. The lowest BCUT2D eigenvalue weighted by Gasteiger charge is -2.11. The average molecular weight is 195 g/mol. The zero-order valence-corrected chi connectivity index (χ0v) is 9.10. The molecule has 1 unspecified atom stereocenters. The fourth-order valence-electron chi connectivity index (χ4n) is 1.35. The molecule has 0 spiro atoms. The van der Waals surface area contributed by atoms with Crippen molar-refractivity contribution >= 4 is 11.8 Å². The van der Waals surface area contributed by atoms with E-state index in [1.807, 2.05) is 0 Å². The van der Waals surface area contributed by atoms with Crippen molar-refractivity contribution in [3.63, 3.8) is 0 Å². The highest BCUT2D eigenvalue weighted by Gasteiger charge is 2.04. The number of thioether (sulfide) groups is 1. The third-order valence-corrected chi connectivity index (χ3v) is 2.85. The molecule has 1 nitrogen and oxygen atoms in total. The van der Waals surface area contributed by atoms with E-state index in [1.165, 1.54) is 10.5 Å². The van der Waals surface area contributed by atoms with Gasteiger partial charge in [0.15, 0.2) is 0 Å². The third kappa shape index (κ3) is 3.05. The van der Waals surface area contributed by atoms with E-state index in [4.69, 9.17) is 5.73 Å². The topological polar surface area (TPSA) is 26.0 Å². The summed E-state index contributed by atoms with van der Waals surface area (Å²) in [5.74, 6) is 0. The lowest BCUT2D eigenvalue weighted by atomic mass is 10.0. The highest BCUT2D eigenvalue weighted by molar-refractivity contribution is 7.98. The van der Waals surface area contributed by atoms with E-state index in [2.05, 4.69) is 37.4 Å². The first-order valence-corrected chi connectivity index (χ1v) is 5.90. The van der Waals surface area contributed by atoms with Crippen LogP contribution < -0.4 is 5.73 Å². The molecular weight excluding hydrogens is 178 g/mol. The summed E-state index contributed by atoms with van der Waals surface area (Å²) in [5.41, 5.74) is 7.28. The fourth-order valence-corrected chi connectivity index (χ4v) is 1.82. The Morgan fingerprint density at radius 2 is 2.23 bits per heavy atom. The van der Waals surface area contributed by atoms with Gasteiger partial charge in [0.25, 0.3) is 0 Å². The van der Waals surface area contributed by atoms with Crippen molar-refractivity contribution in [3.8, 4) is 0 Å². The van der Waals surface area contributed by atoms with Crippen LogP contribution in [0, 0.1) is 0 Å². The van der Waals surface area contributed by atoms with Crippen LogP contribution in [0.4, 0.5) is 0 Å². The number of hydrogen-bond donors (Lipinski definition) is 1. The lowest BCUT2D eigenvalue weighted by Crippen LogP contribution is -2.09. The van der Waals surface area contributed by atoms with Gasteiger partial charge in [0.2, 0.25) is 0 Å². The van der Waals surface area contributed by atoms with Gasteiger partial charge in [-0.05, 0) is 30.4 Å². The Hall–Kier alpha value is -0.470. The Bertz CT molecular complexity index is 260. The van der Waals surface area contributed by atoms with Gasteiger partial charge in [0.1, 0.15) is 0 Å². The van der Waals surface area contributed by atoms with Gasteiger partial charge in [-0.2, -0.15) is 0 Å². The van der Waals surface area contributed by atoms with Crippen molar-refractivity contribution in [1.29, 1.82) is 0 Å². The smallest absolute Gasteiger partial charge is 0.0295 e. The predicted molar refractivity (Wildman–Crippen MR) is 60.1 cm³/mol. The van der Waals surface area contributed by atoms with E-state index in [9.17, 15) is 0 Å². The molecule has 1 aromatic rings. The van der Waals surface area contributed by atoms with Crippen LogP contribution in [0.3, 0.4) is 0 Å². The molecule has 0 aliphatic heterocycles. The first-order valence-electron chi connectivity index (χ1n) is 4.67. The summed E-state index contributed by atoms with van der Waals surface area (Å²) in [5, 5.41) is 0. The zero-order chi connectivity index (χ0) is 9.68. The molecule has 0 heterocycles. The van der Waals surface area contributed by atoms with Gasteiger partial charge in [0, 0.05) is 10.9 Å². The molecule has 0 aromatic heterocycles. The molecule has 0 amide bonds. The Labute approximate surface area is 84.7 Å². The van der Waals surface area contributed by atoms with Crippen LogP contribution in [-0.2, 0) is 0 Å². The van der Waals surface area contributed by atoms with Gasteiger partial charge in [0.05, 0.1) is 0 Å². The van der Waals surface area contributed by atoms with Gasteiger partial charge < -0.3 is 5.73 Å². The predicted octanol–water partition coefficient (Wildman–Crippen LogP) is 3.21. The van der Waals surface area contributed by atoms with E-state index in [0.717, 1.165) is 12.8 Å². The Morgan fingerprint density at radius 3 is 2.85 bits per heavy atom. The number of nitrogens with two attached hydrogens (primary N) is 1. The summed E-state index contributed by atoms with van der Waals surface area (Å²) in [6, 6.07) is 8.70. The summed E-state index contributed by atoms with van der Waals surface area (Å²) < 4.78 is 0. The average Bonchev–Trinajstić information content (AvgIpc) is 2.18. The van der Waals surface area contributed by atoms with Crippen molar-refractivity contribution in [3.05, 3.63) is 29.8 Å². The second-order valence-electron chi connectivity index (χ2n) is 3.17. The van der Waals surface area contributed by atoms with Gasteiger partial charge in [-0.25, -0.2) is 0 Å². The van der Waals surface area contributed by atoms with Crippen molar-refractivity contribution < 1.29 is 0 Å². The summed E-state index contributed by atoms with van der Waals surface area (Å²) in [7, 11) is 0. The maximum absolute atomic E-state index is 6.02. The highest BCUT2D eigenvalue weighted by atomic mass is 32.2. The standard InChI is InChI=1S/C11H17NS/c1-3-5-11(12)9-6-4-7-10(8-9)13-2/h4,6-8,11H,3,5,12H2,1-2H3. The van der Waals surface area contributed by atoms with Crippen molar-refractivity contribution in [1.82, 2.24) is 0 Å². The summed E-state index contributed by atoms with van der Waals surface area (Å²) >= 11 is 1.76. The first-order chi connectivity index (χ1) is 6.27. The molecular formula is C11H17NS. The van der Waals surface area contributed by atoms with E-state index < -0.39 is 0 Å². The second-order valence-corrected chi connectivity index (χ2v) is 4.05. The largest absolute Gasteiger partial charge is 0.324 e. The van der Waals surface area contributed by atoms with E-state index in [-0.39, 0.29) is 6.04 Å². The summed E-state index contributed by atoms with van der Waals surface area (Å²) in [4.78, 5) is 1.30. The Kier molecular flexibility index (Phi) is 4.33. The molecule has 13 heavy (non-hydrogen) atoms. The minimum absolute atomic E-state index is 0.206. The Morgan fingerprint density at radius 1 is 1.46 bits per heavy atom. The van der Waals surface area contributed by atoms with Crippen molar-refractivity contribution in [2.45, 2.75) is 30.7 Å². The molecule has 0 fully saturated rings. The molecule has 1 aromatic carbocycles. The zero-order valence-electron chi connectivity index (χ0n) is 8.29. The van der Waals surface area contributed by atoms with Crippen LogP contribution >= 0.6 is 11.8 Å². The SMILES string of the molecule is CCCC(N)c1cccc(SC)c1. The van der Waals surface area contributed by atoms with Crippen LogP contribution in [0.25, 0.3) is 0 Å². The van der Waals surface area contributed by atoms with E-state index in [1.54, 1.807) is 11.8 Å². The van der Waals surface area contributed by atoms with Crippen LogP contribution in [0.15, 0.2) is 29.2 Å². The molecule has 72 valence electrons. The molecule has 0 saturated carbocycles.